The molecule has 8 heteroatoms. The summed E-state index contributed by atoms with van der Waals surface area (Å²) in [4.78, 5) is 11.1. The fourth-order valence-electron chi connectivity index (χ4n) is 1.64. The Labute approximate surface area is 163 Å². The molecule has 1 aliphatic rings. The van der Waals surface area contributed by atoms with E-state index in [-0.39, 0.29) is 10.5 Å². The maximum Gasteiger partial charge on any atom is 0.266 e. The van der Waals surface area contributed by atoms with Crippen LogP contribution < -0.4 is 4.72 Å². The first-order valence-electron chi connectivity index (χ1n) is 5.57. The minimum absolute atomic E-state index is 0.0648. The Bertz CT molecular complexity index is 756. The number of nitrogens with one attached hydrogen (secondary N) is 1. The maximum absolute atomic E-state index is 11.1. The van der Waals surface area contributed by atoms with Gasteiger partial charge in [0, 0.05) is 10.7 Å². The highest BCUT2D eigenvalue weighted by Crippen LogP contribution is 2.20. The molecule has 0 aliphatic carbocycles. The summed E-state index contributed by atoms with van der Waals surface area (Å²) in [5.74, 6) is -0.550. The topological polar surface area (TPSA) is 63.2 Å². The first-order valence-corrected chi connectivity index (χ1v) is 10.3. The first kappa shape index (κ1) is 17.4. The number of halogens is 3. The summed E-state index contributed by atoms with van der Waals surface area (Å²) >= 11 is 6.96. The third-order valence-electron chi connectivity index (χ3n) is 2.48. The highest BCUT2D eigenvalue weighted by Gasteiger charge is 2.31. The molecule has 0 radical (unpaired) electrons. The molecule has 0 spiro atoms. The Morgan fingerprint density at radius 2 is 1.33 bits per heavy atom. The van der Waals surface area contributed by atoms with Gasteiger partial charge in [-0.3, -0.25) is 4.79 Å². The molecular formula is C13H8I3NO3S. The van der Waals surface area contributed by atoms with Crippen LogP contribution in [0.2, 0.25) is 0 Å². The normalized spacial score (nSPS) is 14.7. The summed E-state index contributed by atoms with van der Waals surface area (Å²) in [6, 6.07) is 12.6. The highest BCUT2D eigenvalue weighted by molar-refractivity contribution is 14.1. The third kappa shape index (κ3) is 4.51. The molecule has 1 N–H and O–H groups in total. The van der Waals surface area contributed by atoms with Gasteiger partial charge < -0.3 is 0 Å². The number of rotatable bonds is 0. The number of sulfonamides is 1. The lowest BCUT2D eigenvalue weighted by Gasteiger charge is -1.92. The molecule has 0 bridgehead atoms. The van der Waals surface area contributed by atoms with E-state index in [0.29, 0.717) is 0 Å². The van der Waals surface area contributed by atoms with Gasteiger partial charge in [-0.05, 0) is 98.1 Å². The number of amides is 1. The van der Waals surface area contributed by atoms with Gasteiger partial charge in [-0.1, -0.05) is 12.1 Å². The number of carbonyl (C=O) groups excluding carboxylic acids is 1. The van der Waals surface area contributed by atoms with E-state index in [1.54, 1.807) is 12.1 Å². The number of hydrogen-bond donors (Lipinski definition) is 1. The van der Waals surface area contributed by atoms with Crippen LogP contribution in [0.5, 0.6) is 0 Å². The van der Waals surface area contributed by atoms with Gasteiger partial charge in [-0.25, -0.2) is 13.1 Å². The van der Waals surface area contributed by atoms with Crippen molar-refractivity contribution >= 4 is 83.7 Å². The van der Waals surface area contributed by atoms with Crippen LogP contribution in [0.4, 0.5) is 0 Å². The van der Waals surface area contributed by atoms with Crippen molar-refractivity contribution in [3.05, 3.63) is 58.7 Å². The van der Waals surface area contributed by atoms with E-state index in [2.05, 4.69) is 86.0 Å². The quantitative estimate of drug-likeness (QED) is 0.449. The van der Waals surface area contributed by atoms with Crippen LogP contribution in [0.3, 0.4) is 0 Å². The maximum atomic E-state index is 11.1. The zero-order valence-corrected chi connectivity index (χ0v) is 17.6. The van der Waals surface area contributed by atoms with Crippen LogP contribution in [-0.2, 0) is 10.0 Å². The summed E-state index contributed by atoms with van der Waals surface area (Å²) in [6.45, 7) is 0. The van der Waals surface area contributed by atoms with Crippen LogP contribution >= 0.6 is 67.8 Å². The van der Waals surface area contributed by atoms with E-state index in [0.717, 1.165) is 0 Å². The van der Waals surface area contributed by atoms with E-state index in [9.17, 15) is 13.2 Å². The number of benzene rings is 2. The van der Waals surface area contributed by atoms with Gasteiger partial charge in [0.25, 0.3) is 15.9 Å². The molecule has 2 aromatic carbocycles. The van der Waals surface area contributed by atoms with Crippen LogP contribution in [0, 0.1) is 10.7 Å². The Kier molecular flexibility index (Phi) is 5.87. The van der Waals surface area contributed by atoms with Crippen molar-refractivity contribution in [3.63, 3.8) is 0 Å². The van der Waals surface area contributed by atoms with Gasteiger partial charge in [0.05, 0.1) is 5.56 Å². The van der Waals surface area contributed by atoms with E-state index < -0.39 is 15.9 Å². The SMILES string of the molecule is Ic1cc(I)cc(I)c1.O=C1NS(=O)(=O)c2ccccc21. The fourth-order valence-corrected chi connectivity index (χ4v) is 6.61. The van der Waals surface area contributed by atoms with Crippen LogP contribution in [-0.4, -0.2) is 14.3 Å². The van der Waals surface area contributed by atoms with Gasteiger partial charge in [0.1, 0.15) is 4.90 Å². The second-order valence-electron chi connectivity index (χ2n) is 4.02. The average Bonchev–Trinajstić information content (AvgIpc) is 2.60. The molecule has 4 nitrogen and oxygen atoms in total. The summed E-state index contributed by atoms with van der Waals surface area (Å²) in [7, 11) is -3.55. The first-order chi connectivity index (χ1) is 9.79. The van der Waals surface area contributed by atoms with E-state index >= 15 is 0 Å². The zero-order chi connectivity index (χ0) is 15.6. The van der Waals surface area contributed by atoms with Crippen molar-refractivity contribution in [1.82, 2.24) is 4.72 Å². The molecule has 0 unspecified atom stereocenters. The smallest absolute Gasteiger partial charge is 0.266 e. The van der Waals surface area contributed by atoms with Crippen LogP contribution in [0.1, 0.15) is 10.4 Å². The summed E-state index contributed by atoms with van der Waals surface area (Å²) in [5.41, 5.74) is 0.220. The fraction of sp³-hybridized carbons (Fsp3) is 0. The average molecular weight is 639 g/mol. The van der Waals surface area contributed by atoms with Crippen LogP contribution in [0.15, 0.2) is 47.4 Å². The monoisotopic (exact) mass is 639 g/mol. The molecular weight excluding hydrogens is 631 g/mol. The van der Waals surface area contributed by atoms with Gasteiger partial charge in [-0.2, -0.15) is 0 Å². The van der Waals surface area contributed by atoms with Gasteiger partial charge in [0.2, 0.25) is 0 Å². The Hall–Kier alpha value is 0.0500. The molecule has 3 rings (SSSR count). The number of fused-ring (bicyclic) bond motifs is 1. The predicted octanol–water partition coefficient (Wildman–Crippen LogP) is 3.62. The lowest BCUT2D eigenvalue weighted by atomic mass is 10.2. The largest absolute Gasteiger partial charge is 0.268 e. The number of hydrogen-bond acceptors (Lipinski definition) is 3. The van der Waals surface area contributed by atoms with E-state index in [1.807, 2.05) is 4.72 Å². The van der Waals surface area contributed by atoms with Gasteiger partial charge >= 0.3 is 0 Å². The van der Waals surface area contributed by atoms with Crippen molar-refractivity contribution in [1.29, 1.82) is 0 Å². The molecule has 0 saturated heterocycles. The van der Waals surface area contributed by atoms with Crippen molar-refractivity contribution < 1.29 is 13.2 Å². The Morgan fingerprint density at radius 3 is 1.81 bits per heavy atom. The molecule has 1 amide bonds. The minimum Gasteiger partial charge on any atom is -0.268 e. The minimum atomic E-state index is -3.55. The highest BCUT2D eigenvalue weighted by atomic mass is 127. The summed E-state index contributed by atoms with van der Waals surface area (Å²) < 4.78 is 28.1. The van der Waals surface area contributed by atoms with Gasteiger partial charge in [0.15, 0.2) is 0 Å². The van der Waals surface area contributed by atoms with Crippen molar-refractivity contribution in [3.8, 4) is 0 Å². The Balaban J connectivity index is 0.000000161. The van der Waals surface area contributed by atoms with E-state index in [1.165, 1.54) is 22.8 Å². The summed E-state index contributed by atoms with van der Waals surface area (Å²) in [6.07, 6.45) is 0. The molecule has 0 aromatic heterocycles. The predicted molar refractivity (Wildman–Crippen MR) is 106 cm³/mol. The lowest BCUT2D eigenvalue weighted by Crippen LogP contribution is -2.20. The standard InChI is InChI=1S/C7H5NO3S.C6H3I3/c9-7-5-3-1-2-4-6(5)12(10,11)8-7;7-4-1-5(8)3-6(9)2-4/h1-4H,(H,8,9);1-3H. The van der Waals surface area contributed by atoms with E-state index in [4.69, 9.17) is 0 Å². The van der Waals surface area contributed by atoms with Crippen LogP contribution in [0.25, 0.3) is 0 Å². The van der Waals surface area contributed by atoms with Crippen molar-refractivity contribution in [2.45, 2.75) is 4.90 Å². The molecule has 0 fully saturated rings. The van der Waals surface area contributed by atoms with Crippen molar-refractivity contribution in [2.24, 2.45) is 0 Å². The molecule has 110 valence electrons. The summed E-state index contributed by atoms with van der Waals surface area (Å²) in [5, 5.41) is 0. The molecule has 21 heavy (non-hydrogen) atoms. The zero-order valence-electron chi connectivity index (χ0n) is 10.3. The molecule has 0 atom stereocenters. The molecule has 0 saturated carbocycles. The van der Waals surface area contributed by atoms with Crippen molar-refractivity contribution in [2.75, 3.05) is 0 Å². The molecule has 1 aliphatic heterocycles. The molecule has 1 heterocycles. The Morgan fingerprint density at radius 1 is 0.857 bits per heavy atom. The molecule has 2 aromatic rings. The number of carbonyl (C=O) groups is 1. The van der Waals surface area contributed by atoms with Gasteiger partial charge in [-0.15, -0.1) is 0 Å². The lowest BCUT2D eigenvalue weighted by molar-refractivity contribution is 0.0985. The second kappa shape index (κ2) is 7.08. The second-order valence-corrected chi connectivity index (χ2v) is 9.41. The third-order valence-corrected chi connectivity index (χ3v) is 5.73.